The van der Waals surface area contributed by atoms with Gasteiger partial charge in [-0.05, 0) is 58.7 Å². The van der Waals surface area contributed by atoms with E-state index in [1.165, 1.54) is 22.3 Å². The molecule has 1 atom stereocenters. The van der Waals surface area contributed by atoms with Gasteiger partial charge >= 0.3 is 0 Å². The molecule has 1 aromatic carbocycles. The molecule has 1 heterocycles. The molecule has 2 aromatic rings. The highest BCUT2D eigenvalue weighted by atomic mass is 16.3. The first-order chi connectivity index (χ1) is 9.99. The maximum atomic E-state index is 5.72. The number of furan rings is 1. The lowest BCUT2D eigenvalue weighted by molar-refractivity contribution is 0.480. The lowest BCUT2D eigenvalue weighted by atomic mass is 9.96. The van der Waals surface area contributed by atoms with Gasteiger partial charge in [0, 0.05) is 11.6 Å². The number of hydrogen-bond acceptors (Lipinski definition) is 2. The molecule has 0 aliphatic heterocycles. The van der Waals surface area contributed by atoms with Crippen LogP contribution in [0.1, 0.15) is 53.2 Å². The minimum absolute atomic E-state index is 0.323. The molecule has 0 bridgehead atoms. The Morgan fingerprint density at radius 1 is 1.00 bits per heavy atom. The second kappa shape index (κ2) is 6.95. The van der Waals surface area contributed by atoms with Crippen molar-refractivity contribution in [1.29, 1.82) is 0 Å². The van der Waals surface area contributed by atoms with Crippen LogP contribution in [0.4, 0.5) is 0 Å². The molecule has 0 spiro atoms. The smallest absolute Gasteiger partial charge is 0.105 e. The lowest BCUT2D eigenvalue weighted by Gasteiger charge is -2.19. The first kappa shape index (κ1) is 15.8. The number of aryl methyl sites for hydroxylation is 4. The summed E-state index contributed by atoms with van der Waals surface area (Å²) in [4.78, 5) is 0. The molecular formula is C19H27NO. The summed E-state index contributed by atoms with van der Waals surface area (Å²) in [5.74, 6) is 2.02. The quantitative estimate of drug-likeness (QED) is 0.825. The Hall–Kier alpha value is -1.54. The van der Waals surface area contributed by atoms with E-state index in [0.717, 1.165) is 30.9 Å². The number of rotatable bonds is 6. The normalized spacial score (nSPS) is 12.6. The topological polar surface area (TPSA) is 25.2 Å². The highest BCUT2D eigenvalue weighted by molar-refractivity contribution is 5.32. The largest absolute Gasteiger partial charge is 0.466 e. The average molecular weight is 285 g/mol. The van der Waals surface area contributed by atoms with Gasteiger partial charge in [-0.2, -0.15) is 0 Å². The summed E-state index contributed by atoms with van der Waals surface area (Å²) in [5.41, 5.74) is 5.35. The van der Waals surface area contributed by atoms with Gasteiger partial charge in [-0.15, -0.1) is 0 Å². The van der Waals surface area contributed by atoms with Crippen LogP contribution in [0.3, 0.4) is 0 Å². The molecule has 1 aromatic heterocycles. The number of nitrogens with one attached hydrogen (secondary N) is 1. The van der Waals surface area contributed by atoms with E-state index in [2.05, 4.69) is 57.3 Å². The van der Waals surface area contributed by atoms with Crippen molar-refractivity contribution in [2.24, 2.45) is 0 Å². The van der Waals surface area contributed by atoms with Crippen LogP contribution >= 0.6 is 0 Å². The van der Waals surface area contributed by atoms with Gasteiger partial charge in [-0.25, -0.2) is 0 Å². The summed E-state index contributed by atoms with van der Waals surface area (Å²) in [5, 5.41) is 3.67. The SMILES string of the molecule is CCCNC(Cc1cc(C)cc(C)c1)c1cc(C)oc1C. The van der Waals surface area contributed by atoms with Crippen molar-refractivity contribution in [2.45, 2.75) is 53.5 Å². The third kappa shape index (κ3) is 4.21. The Balaban J connectivity index is 2.25. The van der Waals surface area contributed by atoms with Crippen LogP contribution in [-0.4, -0.2) is 6.54 Å². The van der Waals surface area contributed by atoms with Crippen LogP contribution in [0.5, 0.6) is 0 Å². The Labute approximate surface area is 128 Å². The summed E-state index contributed by atoms with van der Waals surface area (Å²) < 4.78 is 5.72. The van der Waals surface area contributed by atoms with E-state index in [1.807, 2.05) is 6.92 Å². The standard InChI is InChI=1S/C19H27NO/c1-6-7-20-19(18-11-15(4)21-16(18)5)12-17-9-13(2)8-14(3)10-17/h8-11,19-20H,6-7,12H2,1-5H3. The molecule has 1 unspecified atom stereocenters. The van der Waals surface area contributed by atoms with Crippen molar-refractivity contribution in [2.75, 3.05) is 6.54 Å². The van der Waals surface area contributed by atoms with Crippen molar-refractivity contribution >= 4 is 0 Å². The maximum Gasteiger partial charge on any atom is 0.105 e. The van der Waals surface area contributed by atoms with Gasteiger partial charge in [-0.1, -0.05) is 36.2 Å². The lowest BCUT2D eigenvalue weighted by Crippen LogP contribution is -2.24. The second-order valence-corrected chi connectivity index (χ2v) is 6.08. The summed E-state index contributed by atoms with van der Waals surface area (Å²) in [6.45, 7) is 11.6. The second-order valence-electron chi connectivity index (χ2n) is 6.08. The molecule has 0 saturated heterocycles. The molecule has 0 fully saturated rings. The number of benzene rings is 1. The van der Waals surface area contributed by atoms with Crippen LogP contribution in [-0.2, 0) is 6.42 Å². The molecule has 0 aliphatic carbocycles. The first-order valence-electron chi connectivity index (χ1n) is 7.87. The third-order valence-electron chi connectivity index (χ3n) is 3.82. The highest BCUT2D eigenvalue weighted by Gasteiger charge is 2.17. The zero-order valence-electron chi connectivity index (χ0n) is 13.9. The molecule has 1 N–H and O–H groups in total. The van der Waals surface area contributed by atoms with Crippen LogP contribution in [0.15, 0.2) is 28.7 Å². The first-order valence-corrected chi connectivity index (χ1v) is 7.87. The summed E-state index contributed by atoms with van der Waals surface area (Å²) >= 11 is 0. The van der Waals surface area contributed by atoms with Crippen molar-refractivity contribution < 1.29 is 4.42 Å². The highest BCUT2D eigenvalue weighted by Crippen LogP contribution is 2.25. The fourth-order valence-corrected chi connectivity index (χ4v) is 3.03. The van der Waals surface area contributed by atoms with Crippen LogP contribution in [0.25, 0.3) is 0 Å². The average Bonchev–Trinajstić information content (AvgIpc) is 2.72. The van der Waals surface area contributed by atoms with E-state index in [9.17, 15) is 0 Å². The van der Waals surface area contributed by atoms with E-state index >= 15 is 0 Å². The minimum atomic E-state index is 0.323. The molecule has 0 saturated carbocycles. The van der Waals surface area contributed by atoms with Crippen LogP contribution < -0.4 is 5.32 Å². The van der Waals surface area contributed by atoms with Gasteiger partial charge in [0.25, 0.3) is 0 Å². The van der Waals surface area contributed by atoms with Gasteiger partial charge in [0.2, 0.25) is 0 Å². The Bertz CT molecular complexity index is 577. The zero-order chi connectivity index (χ0) is 15.4. The Morgan fingerprint density at radius 2 is 1.67 bits per heavy atom. The summed E-state index contributed by atoms with van der Waals surface area (Å²) in [6, 6.07) is 9.30. The Kier molecular flexibility index (Phi) is 5.24. The van der Waals surface area contributed by atoms with Gasteiger partial charge in [0.15, 0.2) is 0 Å². The van der Waals surface area contributed by atoms with Crippen molar-refractivity contribution in [1.82, 2.24) is 5.32 Å². The predicted molar refractivity (Wildman–Crippen MR) is 88.8 cm³/mol. The fourth-order valence-electron chi connectivity index (χ4n) is 3.03. The van der Waals surface area contributed by atoms with E-state index in [1.54, 1.807) is 0 Å². The van der Waals surface area contributed by atoms with Gasteiger partial charge in [0.05, 0.1) is 0 Å². The van der Waals surface area contributed by atoms with Gasteiger partial charge in [-0.3, -0.25) is 0 Å². The summed E-state index contributed by atoms with van der Waals surface area (Å²) in [7, 11) is 0. The molecular weight excluding hydrogens is 258 g/mol. The van der Waals surface area contributed by atoms with E-state index in [4.69, 9.17) is 4.42 Å². The zero-order valence-corrected chi connectivity index (χ0v) is 13.9. The van der Waals surface area contributed by atoms with Gasteiger partial charge in [0.1, 0.15) is 11.5 Å². The molecule has 0 aliphatic rings. The minimum Gasteiger partial charge on any atom is -0.466 e. The third-order valence-corrected chi connectivity index (χ3v) is 3.82. The monoisotopic (exact) mass is 285 g/mol. The van der Waals surface area contributed by atoms with E-state index in [0.29, 0.717) is 6.04 Å². The summed E-state index contributed by atoms with van der Waals surface area (Å²) in [6.07, 6.45) is 2.14. The predicted octanol–water partition coefficient (Wildman–Crippen LogP) is 4.80. The maximum absolute atomic E-state index is 5.72. The number of hydrogen-bond donors (Lipinski definition) is 1. The van der Waals surface area contributed by atoms with Crippen molar-refractivity contribution in [3.05, 3.63) is 58.0 Å². The fraction of sp³-hybridized carbons (Fsp3) is 0.474. The van der Waals surface area contributed by atoms with E-state index in [-0.39, 0.29) is 0 Å². The molecule has 0 radical (unpaired) electrons. The molecule has 2 nitrogen and oxygen atoms in total. The molecule has 2 heteroatoms. The van der Waals surface area contributed by atoms with Crippen LogP contribution in [0.2, 0.25) is 0 Å². The van der Waals surface area contributed by atoms with Crippen LogP contribution in [0, 0.1) is 27.7 Å². The van der Waals surface area contributed by atoms with Gasteiger partial charge < -0.3 is 9.73 Å². The molecule has 2 rings (SSSR count). The van der Waals surface area contributed by atoms with Crippen molar-refractivity contribution in [3.8, 4) is 0 Å². The van der Waals surface area contributed by atoms with Crippen molar-refractivity contribution in [3.63, 3.8) is 0 Å². The molecule has 114 valence electrons. The molecule has 21 heavy (non-hydrogen) atoms. The van der Waals surface area contributed by atoms with E-state index < -0.39 is 0 Å². The Morgan fingerprint density at radius 3 is 2.19 bits per heavy atom. The molecule has 0 amide bonds.